The van der Waals surface area contributed by atoms with Crippen molar-refractivity contribution in [2.45, 2.75) is 19.3 Å². The maximum Gasteiger partial charge on any atom is 0.133 e. The van der Waals surface area contributed by atoms with Crippen LogP contribution < -0.4 is 15.4 Å². The van der Waals surface area contributed by atoms with E-state index in [4.69, 9.17) is 4.74 Å². The van der Waals surface area contributed by atoms with E-state index in [1.807, 2.05) is 6.07 Å². The zero-order chi connectivity index (χ0) is 13.5. The summed E-state index contributed by atoms with van der Waals surface area (Å²) in [6.07, 6.45) is 3.69. The molecule has 0 saturated carbocycles. The molecular weight excluding hydrogens is 304 g/mol. The molecule has 3 nitrogen and oxygen atoms in total. The van der Waals surface area contributed by atoms with Gasteiger partial charge < -0.3 is 15.4 Å². The van der Waals surface area contributed by atoms with Crippen molar-refractivity contribution in [2.24, 2.45) is 5.92 Å². The summed E-state index contributed by atoms with van der Waals surface area (Å²) >= 11 is 3.52. The van der Waals surface area contributed by atoms with Gasteiger partial charge in [0.05, 0.1) is 11.6 Å². The normalized spacial score (nSPS) is 18.7. The van der Waals surface area contributed by atoms with Crippen LogP contribution in [0.1, 0.15) is 18.4 Å². The number of hydrogen-bond acceptors (Lipinski definition) is 3. The van der Waals surface area contributed by atoms with Gasteiger partial charge >= 0.3 is 0 Å². The Morgan fingerprint density at radius 2 is 2.32 bits per heavy atom. The Morgan fingerprint density at radius 1 is 1.42 bits per heavy atom. The number of halogens is 1. The highest BCUT2D eigenvalue weighted by molar-refractivity contribution is 9.10. The van der Waals surface area contributed by atoms with E-state index >= 15 is 0 Å². The molecule has 1 unspecified atom stereocenters. The summed E-state index contributed by atoms with van der Waals surface area (Å²) in [7, 11) is 1.69. The van der Waals surface area contributed by atoms with Gasteiger partial charge in [0.2, 0.25) is 0 Å². The highest BCUT2D eigenvalue weighted by atomic mass is 79.9. The number of ether oxygens (including phenoxy) is 1. The van der Waals surface area contributed by atoms with Crippen LogP contribution in [0.15, 0.2) is 22.7 Å². The molecule has 2 rings (SSSR count). The van der Waals surface area contributed by atoms with Crippen molar-refractivity contribution in [3.8, 4) is 5.75 Å². The van der Waals surface area contributed by atoms with E-state index in [9.17, 15) is 0 Å². The third-order valence-electron chi connectivity index (χ3n) is 3.70. The number of nitrogens with one attached hydrogen (secondary N) is 2. The van der Waals surface area contributed by atoms with Crippen LogP contribution in [-0.2, 0) is 6.42 Å². The lowest BCUT2D eigenvalue weighted by Crippen LogP contribution is -2.21. The number of rotatable bonds is 7. The van der Waals surface area contributed by atoms with Gasteiger partial charge in [-0.3, -0.25) is 0 Å². The molecule has 1 aliphatic heterocycles. The van der Waals surface area contributed by atoms with Crippen molar-refractivity contribution in [1.82, 2.24) is 10.6 Å². The monoisotopic (exact) mass is 326 g/mol. The number of methoxy groups -OCH3 is 1. The van der Waals surface area contributed by atoms with E-state index in [0.29, 0.717) is 0 Å². The van der Waals surface area contributed by atoms with E-state index in [0.717, 1.165) is 35.7 Å². The van der Waals surface area contributed by atoms with Gasteiger partial charge in [-0.05, 0) is 85.0 Å². The summed E-state index contributed by atoms with van der Waals surface area (Å²) in [5, 5.41) is 6.95. The van der Waals surface area contributed by atoms with Crippen LogP contribution in [0.3, 0.4) is 0 Å². The van der Waals surface area contributed by atoms with Gasteiger partial charge in [0, 0.05) is 0 Å². The largest absolute Gasteiger partial charge is 0.496 e. The molecule has 1 aliphatic rings. The first-order valence-corrected chi connectivity index (χ1v) is 7.82. The van der Waals surface area contributed by atoms with Crippen LogP contribution in [0, 0.1) is 5.92 Å². The average Bonchev–Trinajstić information content (AvgIpc) is 2.92. The van der Waals surface area contributed by atoms with E-state index in [2.05, 4.69) is 38.7 Å². The molecule has 106 valence electrons. The Kier molecular flexibility index (Phi) is 6.14. The second-order valence-corrected chi connectivity index (χ2v) is 5.97. The number of benzene rings is 1. The van der Waals surface area contributed by atoms with Gasteiger partial charge in [-0.25, -0.2) is 0 Å². The molecular formula is C15H23BrN2O. The van der Waals surface area contributed by atoms with E-state index in [1.54, 1.807) is 7.11 Å². The van der Waals surface area contributed by atoms with Crippen molar-refractivity contribution >= 4 is 15.9 Å². The Balaban J connectivity index is 1.63. The summed E-state index contributed by atoms with van der Waals surface area (Å²) < 4.78 is 6.26. The Labute approximate surface area is 124 Å². The fourth-order valence-corrected chi connectivity index (χ4v) is 3.08. The van der Waals surface area contributed by atoms with Gasteiger partial charge in [-0.15, -0.1) is 0 Å². The highest BCUT2D eigenvalue weighted by Crippen LogP contribution is 2.25. The third-order valence-corrected chi connectivity index (χ3v) is 4.32. The molecule has 1 fully saturated rings. The Morgan fingerprint density at radius 3 is 3.00 bits per heavy atom. The maximum atomic E-state index is 5.23. The van der Waals surface area contributed by atoms with Crippen molar-refractivity contribution in [2.75, 3.05) is 33.3 Å². The zero-order valence-corrected chi connectivity index (χ0v) is 13.1. The molecule has 0 bridgehead atoms. The average molecular weight is 327 g/mol. The van der Waals surface area contributed by atoms with Gasteiger partial charge in [-0.1, -0.05) is 6.07 Å². The first-order chi connectivity index (χ1) is 9.29. The minimum atomic E-state index is 0.877. The van der Waals surface area contributed by atoms with E-state index in [-0.39, 0.29) is 0 Å². The maximum absolute atomic E-state index is 5.23. The molecule has 1 atom stereocenters. The Bertz CT molecular complexity index is 392. The van der Waals surface area contributed by atoms with Crippen molar-refractivity contribution in [3.63, 3.8) is 0 Å². The minimum absolute atomic E-state index is 0.877. The SMILES string of the molecule is COc1ccc(CCNCCC2CCNC2)cc1Br. The van der Waals surface area contributed by atoms with Crippen molar-refractivity contribution in [3.05, 3.63) is 28.2 Å². The molecule has 0 aromatic heterocycles. The molecule has 19 heavy (non-hydrogen) atoms. The molecule has 2 N–H and O–H groups in total. The quantitative estimate of drug-likeness (QED) is 0.755. The van der Waals surface area contributed by atoms with Crippen molar-refractivity contribution in [1.29, 1.82) is 0 Å². The van der Waals surface area contributed by atoms with Crippen LogP contribution in [0.5, 0.6) is 5.75 Å². The highest BCUT2D eigenvalue weighted by Gasteiger charge is 2.13. The second kappa shape index (κ2) is 7.88. The van der Waals surface area contributed by atoms with Crippen LogP contribution in [0.2, 0.25) is 0 Å². The first kappa shape index (κ1) is 14.8. The predicted octanol–water partition coefficient (Wildman–Crippen LogP) is 2.59. The topological polar surface area (TPSA) is 33.3 Å². The summed E-state index contributed by atoms with van der Waals surface area (Å²) in [6.45, 7) is 4.57. The zero-order valence-electron chi connectivity index (χ0n) is 11.5. The lowest BCUT2D eigenvalue weighted by Gasteiger charge is -2.10. The standard InChI is InChI=1S/C15H23BrN2O/c1-19-15-3-2-12(10-14(15)16)4-7-17-8-5-13-6-9-18-11-13/h2-3,10,13,17-18H,4-9,11H2,1H3. The third kappa shape index (κ3) is 4.79. The molecule has 1 aromatic carbocycles. The van der Waals surface area contributed by atoms with Gasteiger partial charge in [0.1, 0.15) is 5.75 Å². The lowest BCUT2D eigenvalue weighted by molar-refractivity contribution is 0.412. The lowest BCUT2D eigenvalue weighted by atomic mass is 10.1. The molecule has 0 spiro atoms. The van der Waals surface area contributed by atoms with Crippen LogP contribution in [0.25, 0.3) is 0 Å². The fraction of sp³-hybridized carbons (Fsp3) is 0.600. The molecule has 4 heteroatoms. The Hall–Kier alpha value is -0.580. The fourth-order valence-electron chi connectivity index (χ4n) is 2.49. The molecule has 1 heterocycles. The first-order valence-electron chi connectivity index (χ1n) is 7.03. The van der Waals surface area contributed by atoms with Crippen LogP contribution in [-0.4, -0.2) is 33.3 Å². The molecule has 1 aromatic rings. The molecule has 0 aliphatic carbocycles. The summed E-state index contributed by atoms with van der Waals surface area (Å²) in [5.41, 5.74) is 1.34. The second-order valence-electron chi connectivity index (χ2n) is 5.12. The predicted molar refractivity (Wildman–Crippen MR) is 82.9 cm³/mol. The van der Waals surface area contributed by atoms with Gasteiger partial charge in [0.15, 0.2) is 0 Å². The summed E-state index contributed by atoms with van der Waals surface area (Å²) in [4.78, 5) is 0. The summed E-state index contributed by atoms with van der Waals surface area (Å²) in [5.74, 6) is 1.77. The van der Waals surface area contributed by atoms with Gasteiger partial charge in [0.25, 0.3) is 0 Å². The van der Waals surface area contributed by atoms with Crippen molar-refractivity contribution < 1.29 is 4.74 Å². The van der Waals surface area contributed by atoms with Crippen LogP contribution >= 0.6 is 15.9 Å². The van der Waals surface area contributed by atoms with E-state index in [1.165, 1.54) is 31.5 Å². The number of hydrogen-bond donors (Lipinski definition) is 2. The van der Waals surface area contributed by atoms with Crippen LogP contribution in [0.4, 0.5) is 0 Å². The smallest absolute Gasteiger partial charge is 0.133 e. The molecule has 0 amide bonds. The molecule has 0 radical (unpaired) electrons. The van der Waals surface area contributed by atoms with E-state index < -0.39 is 0 Å². The molecule has 1 saturated heterocycles. The summed E-state index contributed by atoms with van der Waals surface area (Å²) in [6, 6.07) is 6.29. The minimum Gasteiger partial charge on any atom is -0.496 e. The van der Waals surface area contributed by atoms with Gasteiger partial charge in [-0.2, -0.15) is 0 Å².